The fourth-order valence-corrected chi connectivity index (χ4v) is 5.58. The van der Waals surface area contributed by atoms with Crippen LogP contribution in [0.2, 0.25) is 0 Å². The zero-order valence-electron chi connectivity index (χ0n) is 20.4. The molecule has 0 aromatic heterocycles. The smallest absolute Gasteiger partial charge is 0.324 e. The molecule has 8 nitrogen and oxygen atoms in total. The topological polar surface area (TPSA) is 114 Å². The van der Waals surface area contributed by atoms with Gasteiger partial charge in [0.2, 0.25) is 10.0 Å². The average molecular weight is 502 g/mol. The standard InChI is InChI=1S/C26H35N3O5S/c1-3-4-16-35(32,33)29-24(26(31)34-2)17-19-8-10-23(11-9-19)28-25(30)22-7-5-6-21(18-22)20-12-14-27-15-13-20/h5-11,18,20,24,27,29H,3-4,12-17H2,1-2H3,(H,28,30). The highest BCUT2D eigenvalue weighted by atomic mass is 32.2. The van der Waals surface area contributed by atoms with Crippen LogP contribution in [0.5, 0.6) is 0 Å². The van der Waals surface area contributed by atoms with Gasteiger partial charge in [0, 0.05) is 11.3 Å². The molecule has 190 valence electrons. The van der Waals surface area contributed by atoms with Crippen molar-refractivity contribution >= 4 is 27.6 Å². The molecular weight excluding hydrogens is 466 g/mol. The second kappa shape index (κ2) is 12.8. The molecule has 1 unspecified atom stereocenters. The summed E-state index contributed by atoms with van der Waals surface area (Å²) < 4.78 is 31.8. The summed E-state index contributed by atoms with van der Waals surface area (Å²) in [6, 6.07) is 13.8. The third kappa shape index (κ3) is 8.16. The molecule has 2 aromatic carbocycles. The van der Waals surface area contributed by atoms with Gasteiger partial charge in [-0.15, -0.1) is 0 Å². The van der Waals surface area contributed by atoms with E-state index in [-0.39, 0.29) is 18.1 Å². The minimum Gasteiger partial charge on any atom is -0.468 e. The van der Waals surface area contributed by atoms with Crippen LogP contribution in [-0.2, 0) is 26.0 Å². The maximum Gasteiger partial charge on any atom is 0.324 e. The van der Waals surface area contributed by atoms with Crippen molar-refractivity contribution in [3.8, 4) is 0 Å². The van der Waals surface area contributed by atoms with Crippen molar-refractivity contribution in [3.63, 3.8) is 0 Å². The molecule has 1 fully saturated rings. The number of methoxy groups -OCH3 is 1. The number of sulfonamides is 1. The molecule has 1 amide bonds. The Morgan fingerprint density at radius 3 is 2.49 bits per heavy atom. The zero-order chi connectivity index (χ0) is 25.3. The molecule has 0 spiro atoms. The van der Waals surface area contributed by atoms with E-state index >= 15 is 0 Å². The summed E-state index contributed by atoms with van der Waals surface area (Å²) >= 11 is 0. The van der Waals surface area contributed by atoms with E-state index in [1.165, 1.54) is 12.7 Å². The molecule has 0 radical (unpaired) electrons. The molecule has 1 heterocycles. The normalized spacial score (nSPS) is 15.4. The second-order valence-electron chi connectivity index (χ2n) is 8.87. The van der Waals surface area contributed by atoms with E-state index in [2.05, 4.69) is 21.4 Å². The number of carbonyl (C=O) groups excluding carboxylic acids is 2. The van der Waals surface area contributed by atoms with E-state index in [1.807, 2.05) is 19.1 Å². The molecule has 1 saturated heterocycles. The van der Waals surface area contributed by atoms with Gasteiger partial charge in [-0.3, -0.25) is 9.59 Å². The third-order valence-corrected chi connectivity index (χ3v) is 7.65. The number of unbranched alkanes of at least 4 members (excludes halogenated alkanes) is 1. The monoisotopic (exact) mass is 501 g/mol. The van der Waals surface area contributed by atoms with Gasteiger partial charge in [-0.25, -0.2) is 13.1 Å². The Balaban J connectivity index is 1.63. The van der Waals surface area contributed by atoms with Gasteiger partial charge in [0.15, 0.2) is 0 Å². The number of nitrogens with one attached hydrogen (secondary N) is 3. The Morgan fingerprint density at radius 1 is 1.11 bits per heavy atom. The van der Waals surface area contributed by atoms with Crippen LogP contribution in [0.3, 0.4) is 0 Å². The summed E-state index contributed by atoms with van der Waals surface area (Å²) in [5, 5.41) is 6.27. The Bertz CT molecular complexity index is 1100. The van der Waals surface area contributed by atoms with Crippen molar-refractivity contribution in [1.29, 1.82) is 0 Å². The van der Waals surface area contributed by atoms with Crippen LogP contribution in [0.25, 0.3) is 0 Å². The molecule has 3 rings (SSSR count). The number of hydrogen-bond acceptors (Lipinski definition) is 6. The summed E-state index contributed by atoms with van der Waals surface area (Å²) in [6.45, 7) is 3.88. The lowest BCUT2D eigenvalue weighted by Gasteiger charge is -2.23. The van der Waals surface area contributed by atoms with Gasteiger partial charge in [-0.05, 0) is 80.1 Å². The van der Waals surface area contributed by atoms with E-state index < -0.39 is 22.0 Å². The predicted molar refractivity (Wildman–Crippen MR) is 137 cm³/mol. The van der Waals surface area contributed by atoms with E-state index in [0.717, 1.165) is 37.9 Å². The predicted octanol–water partition coefficient (Wildman–Crippen LogP) is 3.21. The largest absolute Gasteiger partial charge is 0.468 e. The summed E-state index contributed by atoms with van der Waals surface area (Å²) in [6.07, 6.45) is 3.52. The number of anilines is 1. The first-order chi connectivity index (χ1) is 16.8. The maximum atomic E-state index is 12.8. The first-order valence-electron chi connectivity index (χ1n) is 12.1. The van der Waals surface area contributed by atoms with Gasteiger partial charge < -0.3 is 15.4 Å². The van der Waals surface area contributed by atoms with E-state index in [0.29, 0.717) is 23.6 Å². The van der Waals surface area contributed by atoms with Gasteiger partial charge in [0.1, 0.15) is 6.04 Å². The van der Waals surface area contributed by atoms with E-state index in [9.17, 15) is 18.0 Å². The highest BCUT2D eigenvalue weighted by Gasteiger charge is 2.25. The molecule has 2 aromatic rings. The number of benzene rings is 2. The van der Waals surface area contributed by atoms with Crippen LogP contribution >= 0.6 is 0 Å². The Labute approximate surface area is 207 Å². The number of carbonyl (C=O) groups is 2. The van der Waals surface area contributed by atoms with E-state index in [1.54, 1.807) is 30.3 Å². The van der Waals surface area contributed by atoms with E-state index in [4.69, 9.17) is 4.74 Å². The summed E-state index contributed by atoms with van der Waals surface area (Å²) in [7, 11) is -2.37. The van der Waals surface area contributed by atoms with Crippen molar-refractivity contribution in [2.45, 2.75) is 51.0 Å². The van der Waals surface area contributed by atoms with Gasteiger partial charge in [0.25, 0.3) is 5.91 Å². The number of amides is 1. The number of piperidine rings is 1. The van der Waals surface area contributed by atoms with Crippen molar-refractivity contribution < 1.29 is 22.7 Å². The van der Waals surface area contributed by atoms with Crippen molar-refractivity contribution in [2.24, 2.45) is 0 Å². The third-order valence-electron chi connectivity index (χ3n) is 6.19. The van der Waals surface area contributed by atoms with Crippen LogP contribution in [0.4, 0.5) is 5.69 Å². The van der Waals surface area contributed by atoms with Crippen LogP contribution < -0.4 is 15.4 Å². The number of hydrogen-bond donors (Lipinski definition) is 3. The molecule has 1 aliphatic rings. The van der Waals surface area contributed by atoms with Gasteiger partial charge in [-0.2, -0.15) is 0 Å². The first kappa shape index (κ1) is 26.8. The lowest BCUT2D eigenvalue weighted by molar-refractivity contribution is -0.142. The zero-order valence-corrected chi connectivity index (χ0v) is 21.2. The molecule has 0 bridgehead atoms. The van der Waals surface area contributed by atoms with Crippen molar-refractivity contribution in [2.75, 3.05) is 31.3 Å². The lowest BCUT2D eigenvalue weighted by atomic mass is 9.89. The Hall–Kier alpha value is -2.75. The summed E-state index contributed by atoms with van der Waals surface area (Å²) in [4.78, 5) is 25.0. The van der Waals surface area contributed by atoms with Crippen LogP contribution in [-0.4, -0.2) is 52.3 Å². The number of rotatable bonds is 11. The molecular formula is C26H35N3O5S. The Morgan fingerprint density at radius 2 is 1.83 bits per heavy atom. The molecule has 0 aliphatic carbocycles. The molecule has 9 heteroatoms. The summed E-state index contributed by atoms with van der Waals surface area (Å²) in [5.74, 6) is -0.410. The van der Waals surface area contributed by atoms with Crippen LogP contribution in [0.15, 0.2) is 48.5 Å². The fraction of sp³-hybridized carbons (Fsp3) is 0.462. The minimum absolute atomic E-state index is 0.0409. The molecule has 1 aliphatic heterocycles. The molecule has 35 heavy (non-hydrogen) atoms. The summed E-state index contributed by atoms with van der Waals surface area (Å²) in [5.41, 5.74) is 3.15. The van der Waals surface area contributed by atoms with Crippen LogP contribution in [0, 0.1) is 0 Å². The highest BCUT2D eigenvalue weighted by Crippen LogP contribution is 2.26. The minimum atomic E-state index is -3.60. The van der Waals surface area contributed by atoms with Crippen molar-refractivity contribution in [3.05, 3.63) is 65.2 Å². The quantitative estimate of drug-likeness (QED) is 0.408. The lowest BCUT2D eigenvalue weighted by Crippen LogP contribution is -2.43. The van der Waals surface area contributed by atoms with Crippen LogP contribution in [0.1, 0.15) is 60.0 Å². The first-order valence-corrected chi connectivity index (χ1v) is 13.8. The average Bonchev–Trinajstić information content (AvgIpc) is 2.88. The maximum absolute atomic E-state index is 12.8. The second-order valence-corrected chi connectivity index (χ2v) is 10.7. The molecule has 3 N–H and O–H groups in total. The fourth-order valence-electron chi connectivity index (χ4n) is 4.18. The molecule has 0 saturated carbocycles. The Kier molecular flexibility index (Phi) is 9.83. The highest BCUT2D eigenvalue weighted by molar-refractivity contribution is 7.89. The molecule has 1 atom stereocenters. The van der Waals surface area contributed by atoms with Gasteiger partial charge >= 0.3 is 5.97 Å². The van der Waals surface area contributed by atoms with Gasteiger partial charge in [-0.1, -0.05) is 37.6 Å². The van der Waals surface area contributed by atoms with Gasteiger partial charge in [0.05, 0.1) is 12.9 Å². The SMILES string of the molecule is CCCCS(=O)(=O)NC(Cc1ccc(NC(=O)c2cccc(C3CCNCC3)c2)cc1)C(=O)OC. The van der Waals surface area contributed by atoms with Crippen molar-refractivity contribution in [1.82, 2.24) is 10.0 Å². The number of esters is 1. The number of ether oxygens (including phenoxy) is 1.